The second-order valence-electron chi connectivity index (χ2n) is 5.01. The topological polar surface area (TPSA) is 0 Å². The Labute approximate surface area is 115 Å². The third kappa shape index (κ3) is 3.96. The van der Waals surface area contributed by atoms with E-state index in [0.717, 1.165) is 0 Å². The van der Waals surface area contributed by atoms with Crippen LogP contribution in [0.5, 0.6) is 0 Å². The van der Waals surface area contributed by atoms with Crippen molar-refractivity contribution >= 4 is 10.8 Å². The molecule has 0 atom stereocenters. The third-order valence-electron chi connectivity index (χ3n) is 3.12. The normalized spacial score (nSPS) is 9.84. The molecule has 0 N–H and O–H groups in total. The van der Waals surface area contributed by atoms with E-state index in [4.69, 9.17) is 0 Å². The molecular weight excluding hydrogens is 228 g/mol. The molecule has 3 rings (SSSR count). The second-order valence-corrected chi connectivity index (χ2v) is 5.01. The van der Waals surface area contributed by atoms with Gasteiger partial charge in [0, 0.05) is 0 Å². The lowest BCUT2D eigenvalue weighted by molar-refractivity contribution is 1.40. The molecule has 0 heteroatoms. The summed E-state index contributed by atoms with van der Waals surface area (Å²) in [5.74, 6) is 0. The molecule has 0 nitrogen and oxygen atoms in total. The van der Waals surface area contributed by atoms with Gasteiger partial charge in [0.2, 0.25) is 0 Å². The van der Waals surface area contributed by atoms with Crippen molar-refractivity contribution in [3.8, 4) is 0 Å². The van der Waals surface area contributed by atoms with Gasteiger partial charge in [0.15, 0.2) is 0 Å². The predicted molar refractivity (Wildman–Crippen MR) is 84.6 cm³/mol. The molecule has 0 saturated carbocycles. The summed E-state index contributed by atoms with van der Waals surface area (Å²) in [4.78, 5) is 0. The van der Waals surface area contributed by atoms with Crippen LogP contribution in [0.2, 0.25) is 0 Å². The molecule has 0 unspecified atom stereocenters. The molecule has 0 aliphatic carbocycles. The lowest BCUT2D eigenvalue weighted by Gasteiger charge is -1.96. The summed E-state index contributed by atoms with van der Waals surface area (Å²) >= 11 is 0. The molecule has 19 heavy (non-hydrogen) atoms. The van der Waals surface area contributed by atoms with E-state index in [1.807, 2.05) is 0 Å². The molecule has 0 aliphatic heterocycles. The molecule has 0 fully saturated rings. The second kappa shape index (κ2) is 6.19. The number of benzene rings is 3. The zero-order valence-electron chi connectivity index (χ0n) is 11.9. The Balaban J connectivity index is 0.000000148. The Hall–Kier alpha value is -2.08. The molecule has 0 amide bonds. The lowest BCUT2D eigenvalue weighted by atomic mass is 10.1. The Kier molecular flexibility index (Phi) is 4.35. The fraction of sp³-hybridized carbons (Fsp3) is 0.158. The van der Waals surface area contributed by atoms with Crippen LogP contribution in [-0.2, 0) is 0 Å². The molecule has 3 aromatic rings. The van der Waals surface area contributed by atoms with Gasteiger partial charge in [0.05, 0.1) is 0 Å². The first-order chi connectivity index (χ1) is 9.15. The first-order valence-corrected chi connectivity index (χ1v) is 6.64. The van der Waals surface area contributed by atoms with Gasteiger partial charge in [-0.05, 0) is 31.5 Å². The highest BCUT2D eigenvalue weighted by Gasteiger charge is 1.89. The molecule has 3 aromatic carbocycles. The van der Waals surface area contributed by atoms with Crippen LogP contribution in [0, 0.1) is 20.8 Å². The van der Waals surface area contributed by atoms with Crippen LogP contribution in [0.3, 0.4) is 0 Å². The minimum Gasteiger partial charge on any atom is -0.0616 e. The van der Waals surface area contributed by atoms with E-state index in [1.165, 1.54) is 27.5 Å². The number of rotatable bonds is 0. The highest BCUT2D eigenvalue weighted by Crippen LogP contribution is 2.14. The molecule has 0 radical (unpaired) electrons. The number of aryl methyl sites for hydroxylation is 3. The molecule has 0 aliphatic rings. The van der Waals surface area contributed by atoms with Gasteiger partial charge >= 0.3 is 0 Å². The first kappa shape index (κ1) is 13.4. The molecule has 0 bridgehead atoms. The molecule has 96 valence electrons. The number of hydrogen-bond acceptors (Lipinski definition) is 0. The predicted octanol–water partition coefficient (Wildman–Crippen LogP) is 5.45. The zero-order chi connectivity index (χ0) is 13.7. The molecule has 0 spiro atoms. The maximum Gasteiger partial charge on any atom is -0.0181 e. The van der Waals surface area contributed by atoms with Crippen molar-refractivity contribution in [3.05, 3.63) is 83.4 Å². The van der Waals surface area contributed by atoms with E-state index in [9.17, 15) is 0 Å². The fourth-order valence-corrected chi connectivity index (χ4v) is 1.95. The van der Waals surface area contributed by atoms with Crippen molar-refractivity contribution in [1.82, 2.24) is 0 Å². The van der Waals surface area contributed by atoms with Crippen molar-refractivity contribution in [2.24, 2.45) is 0 Å². The Morgan fingerprint density at radius 3 is 1.53 bits per heavy atom. The van der Waals surface area contributed by atoms with Crippen LogP contribution in [0.1, 0.15) is 16.7 Å². The monoisotopic (exact) mass is 248 g/mol. The van der Waals surface area contributed by atoms with Gasteiger partial charge in [-0.3, -0.25) is 0 Å². The molecule has 0 aromatic heterocycles. The maximum atomic E-state index is 2.20. The fourth-order valence-electron chi connectivity index (χ4n) is 1.95. The highest BCUT2D eigenvalue weighted by molar-refractivity contribution is 5.82. The van der Waals surface area contributed by atoms with Crippen molar-refractivity contribution < 1.29 is 0 Å². The molecular formula is C19H20. The summed E-state index contributed by atoms with van der Waals surface area (Å²) in [6, 6.07) is 23.4. The van der Waals surface area contributed by atoms with Crippen LogP contribution in [0.25, 0.3) is 10.8 Å². The maximum absolute atomic E-state index is 2.20. The van der Waals surface area contributed by atoms with Gasteiger partial charge < -0.3 is 0 Å². The quantitative estimate of drug-likeness (QED) is 0.496. The van der Waals surface area contributed by atoms with Crippen LogP contribution < -0.4 is 0 Å². The Morgan fingerprint density at radius 1 is 0.474 bits per heavy atom. The standard InChI is InChI=1S/C11H10.C8H10/c1-9-6-7-10-4-2-3-5-11(10)8-9;1-7-3-5-8(2)6-4-7/h2-8H,1H3;3-6H,1-2H3. The van der Waals surface area contributed by atoms with E-state index < -0.39 is 0 Å². The number of hydrogen-bond donors (Lipinski definition) is 0. The summed E-state index contributed by atoms with van der Waals surface area (Å²) in [6.45, 7) is 6.31. The summed E-state index contributed by atoms with van der Waals surface area (Å²) in [6.07, 6.45) is 0. The minimum atomic E-state index is 1.32. The van der Waals surface area contributed by atoms with Gasteiger partial charge in [-0.1, -0.05) is 83.4 Å². The van der Waals surface area contributed by atoms with Crippen molar-refractivity contribution in [2.75, 3.05) is 0 Å². The van der Waals surface area contributed by atoms with E-state index >= 15 is 0 Å². The summed E-state index contributed by atoms with van der Waals surface area (Å²) in [5.41, 5.74) is 3.98. The van der Waals surface area contributed by atoms with Gasteiger partial charge in [-0.2, -0.15) is 0 Å². The lowest BCUT2D eigenvalue weighted by Crippen LogP contribution is -1.73. The third-order valence-corrected chi connectivity index (χ3v) is 3.12. The van der Waals surface area contributed by atoms with Crippen molar-refractivity contribution in [1.29, 1.82) is 0 Å². The van der Waals surface area contributed by atoms with Crippen molar-refractivity contribution in [3.63, 3.8) is 0 Å². The van der Waals surface area contributed by atoms with E-state index in [1.54, 1.807) is 0 Å². The van der Waals surface area contributed by atoms with Crippen LogP contribution >= 0.6 is 0 Å². The van der Waals surface area contributed by atoms with E-state index in [-0.39, 0.29) is 0 Å². The van der Waals surface area contributed by atoms with Gasteiger partial charge in [0.1, 0.15) is 0 Å². The Morgan fingerprint density at radius 2 is 0.947 bits per heavy atom. The smallest absolute Gasteiger partial charge is 0.0181 e. The largest absolute Gasteiger partial charge is 0.0616 e. The minimum absolute atomic E-state index is 1.32. The molecule has 0 saturated heterocycles. The SMILES string of the molecule is Cc1ccc(C)cc1.Cc1ccc2ccccc2c1. The summed E-state index contributed by atoms with van der Waals surface area (Å²) < 4.78 is 0. The van der Waals surface area contributed by atoms with Gasteiger partial charge in [-0.15, -0.1) is 0 Å². The van der Waals surface area contributed by atoms with E-state index in [0.29, 0.717) is 0 Å². The van der Waals surface area contributed by atoms with Gasteiger partial charge in [-0.25, -0.2) is 0 Å². The summed E-state index contributed by atoms with van der Waals surface area (Å²) in [5, 5.41) is 2.64. The average molecular weight is 248 g/mol. The van der Waals surface area contributed by atoms with Crippen LogP contribution in [0.4, 0.5) is 0 Å². The van der Waals surface area contributed by atoms with Crippen molar-refractivity contribution in [2.45, 2.75) is 20.8 Å². The van der Waals surface area contributed by atoms with E-state index in [2.05, 4.69) is 87.5 Å². The van der Waals surface area contributed by atoms with Crippen LogP contribution in [-0.4, -0.2) is 0 Å². The molecule has 0 heterocycles. The zero-order valence-corrected chi connectivity index (χ0v) is 11.9. The van der Waals surface area contributed by atoms with Crippen LogP contribution in [0.15, 0.2) is 66.7 Å². The average Bonchev–Trinajstić information content (AvgIpc) is 2.43. The highest BCUT2D eigenvalue weighted by atomic mass is 13.9. The van der Waals surface area contributed by atoms with Gasteiger partial charge in [0.25, 0.3) is 0 Å². The Bertz CT molecular complexity index is 627. The number of fused-ring (bicyclic) bond motifs is 1. The first-order valence-electron chi connectivity index (χ1n) is 6.64. The summed E-state index contributed by atoms with van der Waals surface area (Å²) in [7, 11) is 0.